The van der Waals surface area contributed by atoms with Crippen molar-refractivity contribution in [2.75, 3.05) is 6.54 Å². The van der Waals surface area contributed by atoms with Crippen LogP contribution in [-0.4, -0.2) is 23.3 Å². The molecule has 200 valence electrons. The maximum atomic E-state index is 13.9. The molecule has 4 aromatic rings. The number of carbonyl (C=O) groups excluding carboxylic acids is 2. The third-order valence-corrected chi connectivity index (χ3v) is 8.02. The van der Waals surface area contributed by atoms with Crippen LogP contribution in [0.3, 0.4) is 0 Å². The molecular formula is C31H27F3N2O2S. The summed E-state index contributed by atoms with van der Waals surface area (Å²) in [6.07, 6.45) is -3.77. The Labute approximate surface area is 229 Å². The predicted molar refractivity (Wildman–Crippen MR) is 145 cm³/mol. The van der Waals surface area contributed by atoms with Crippen molar-refractivity contribution < 1.29 is 22.8 Å². The van der Waals surface area contributed by atoms with Crippen molar-refractivity contribution in [1.29, 1.82) is 0 Å². The summed E-state index contributed by atoms with van der Waals surface area (Å²) in [5.74, 6) is -1.34. The molecule has 1 aromatic heterocycles. The number of thiophene rings is 1. The van der Waals surface area contributed by atoms with E-state index in [-0.39, 0.29) is 24.9 Å². The molecule has 0 aliphatic carbocycles. The first kappa shape index (κ1) is 26.7. The van der Waals surface area contributed by atoms with Crippen LogP contribution < -0.4 is 5.32 Å². The number of carbonyl (C=O) groups is 2. The van der Waals surface area contributed by atoms with Gasteiger partial charge in [0.05, 0.1) is 17.5 Å². The Morgan fingerprint density at radius 1 is 0.949 bits per heavy atom. The first-order chi connectivity index (χ1) is 18.8. The smallest absolute Gasteiger partial charge is 0.351 e. The highest BCUT2D eigenvalue weighted by Gasteiger charge is 2.35. The van der Waals surface area contributed by atoms with Gasteiger partial charge in [0.15, 0.2) is 0 Å². The van der Waals surface area contributed by atoms with Crippen molar-refractivity contribution in [2.24, 2.45) is 0 Å². The molecule has 0 saturated carbocycles. The van der Waals surface area contributed by atoms with E-state index in [0.717, 1.165) is 29.7 Å². The van der Waals surface area contributed by atoms with Crippen LogP contribution in [0.1, 0.15) is 51.1 Å². The summed E-state index contributed by atoms with van der Waals surface area (Å²) in [7, 11) is 0. The molecule has 5 rings (SSSR count). The van der Waals surface area contributed by atoms with Crippen LogP contribution >= 0.6 is 11.3 Å². The predicted octanol–water partition coefficient (Wildman–Crippen LogP) is 6.73. The van der Waals surface area contributed by atoms with Gasteiger partial charge in [-0.3, -0.25) is 9.59 Å². The summed E-state index contributed by atoms with van der Waals surface area (Å²) in [6.45, 7) is 0.466. The zero-order valence-electron chi connectivity index (χ0n) is 21.0. The van der Waals surface area contributed by atoms with E-state index in [0.29, 0.717) is 17.7 Å². The molecule has 1 aliphatic rings. The topological polar surface area (TPSA) is 49.4 Å². The van der Waals surface area contributed by atoms with E-state index in [1.165, 1.54) is 17.0 Å². The minimum absolute atomic E-state index is 0.0543. The highest BCUT2D eigenvalue weighted by atomic mass is 32.1. The van der Waals surface area contributed by atoms with Crippen molar-refractivity contribution in [2.45, 2.75) is 37.5 Å². The second-order valence-electron chi connectivity index (χ2n) is 9.53. The zero-order valence-corrected chi connectivity index (χ0v) is 21.8. The Balaban J connectivity index is 1.37. The van der Waals surface area contributed by atoms with Gasteiger partial charge in [0, 0.05) is 24.4 Å². The van der Waals surface area contributed by atoms with E-state index in [1.54, 1.807) is 35.6 Å². The van der Waals surface area contributed by atoms with E-state index < -0.39 is 23.6 Å². The highest BCUT2D eigenvalue weighted by molar-refractivity contribution is 7.10. The normalized spacial score (nSPS) is 15.9. The fourth-order valence-corrected chi connectivity index (χ4v) is 5.99. The van der Waals surface area contributed by atoms with Crippen LogP contribution in [-0.2, 0) is 28.7 Å². The van der Waals surface area contributed by atoms with Gasteiger partial charge in [0.25, 0.3) is 0 Å². The summed E-state index contributed by atoms with van der Waals surface area (Å²) < 4.78 is 39.4. The lowest BCUT2D eigenvalue weighted by atomic mass is 9.90. The molecule has 2 atom stereocenters. The van der Waals surface area contributed by atoms with Gasteiger partial charge >= 0.3 is 6.18 Å². The number of fused-ring (bicyclic) bond motifs is 1. The molecule has 0 bridgehead atoms. The van der Waals surface area contributed by atoms with Crippen molar-refractivity contribution >= 4 is 23.2 Å². The van der Waals surface area contributed by atoms with Gasteiger partial charge in [-0.25, -0.2) is 0 Å². The van der Waals surface area contributed by atoms with Gasteiger partial charge in [-0.2, -0.15) is 13.2 Å². The van der Waals surface area contributed by atoms with Gasteiger partial charge in [-0.05, 0) is 52.3 Å². The van der Waals surface area contributed by atoms with Crippen LogP contribution in [0.25, 0.3) is 0 Å². The number of alkyl halides is 3. The number of halogens is 3. The third-order valence-electron chi connectivity index (χ3n) is 7.02. The van der Waals surface area contributed by atoms with Gasteiger partial charge in [-0.15, -0.1) is 11.3 Å². The molecule has 0 radical (unpaired) electrons. The fourth-order valence-electron chi connectivity index (χ4n) is 5.09. The average molecular weight is 549 g/mol. The molecule has 8 heteroatoms. The van der Waals surface area contributed by atoms with Crippen LogP contribution in [0.5, 0.6) is 0 Å². The van der Waals surface area contributed by atoms with E-state index in [2.05, 4.69) is 11.4 Å². The lowest BCUT2D eigenvalue weighted by Crippen LogP contribution is -2.42. The van der Waals surface area contributed by atoms with Gasteiger partial charge in [0.2, 0.25) is 11.8 Å². The van der Waals surface area contributed by atoms with Crippen molar-refractivity contribution in [3.8, 4) is 0 Å². The number of rotatable bonds is 7. The number of nitrogens with zero attached hydrogens (tertiary/aromatic N) is 1. The summed E-state index contributed by atoms with van der Waals surface area (Å²) in [5.41, 5.74) is 2.36. The Morgan fingerprint density at radius 2 is 1.67 bits per heavy atom. The van der Waals surface area contributed by atoms with Crippen molar-refractivity contribution in [3.05, 3.63) is 129 Å². The number of hydrogen-bond donors (Lipinski definition) is 1. The monoisotopic (exact) mass is 548 g/mol. The number of amides is 2. The van der Waals surface area contributed by atoms with Crippen LogP contribution in [0.2, 0.25) is 0 Å². The van der Waals surface area contributed by atoms with E-state index >= 15 is 0 Å². The van der Waals surface area contributed by atoms with Crippen LogP contribution in [0, 0.1) is 0 Å². The summed E-state index contributed by atoms with van der Waals surface area (Å²) in [4.78, 5) is 30.4. The average Bonchev–Trinajstić information content (AvgIpc) is 3.44. The SMILES string of the molecule is O=C(NCc1cccc(C(F)(F)F)c1)C(CC(=O)N1CCc2sccc2C1c1ccccc1)c1ccccc1. The molecule has 0 spiro atoms. The van der Waals surface area contributed by atoms with E-state index in [9.17, 15) is 22.8 Å². The van der Waals surface area contributed by atoms with Crippen molar-refractivity contribution in [1.82, 2.24) is 10.2 Å². The Hall–Kier alpha value is -3.91. The fraction of sp³-hybridized carbons (Fsp3) is 0.226. The maximum Gasteiger partial charge on any atom is 0.416 e. The number of nitrogens with one attached hydrogen (secondary N) is 1. The summed E-state index contributed by atoms with van der Waals surface area (Å²) >= 11 is 1.69. The molecule has 1 aliphatic heterocycles. The largest absolute Gasteiger partial charge is 0.416 e. The van der Waals surface area contributed by atoms with Crippen molar-refractivity contribution in [3.63, 3.8) is 0 Å². The maximum absolute atomic E-state index is 13.9. The van der Waals surface area contributed by atoms with Gasteiger partial charge in [0.1, 0.15) is 0 Å². The first-order valence-corrected chi connectivity index (χ1v) is 13.6. The molecule has 4 nitrogen and oxygen atoms in total. The van der Waals surface area contributed by atoms with E-state index in [1.807, 2.05) is 46.7 Å². The molecule has 39 heavy (non-hydrogen) atoms. The highest BCUT2D eigenvalue weighted by Crippen LogP contribution is 2.39. The quantitative estimate of drug-likeness (QED) is 0.278. The molecular weight excluding hydrogens is 521 g/mol. The zero-order chi connectivity index (χ0) is 27.4. The van der Waals surface area contributed by atoms with Gasteiger partial charge in [-0.1, -0.05) is 72.8 Å². The lowest BCUT2D eigenvalue weighted by Gasteiger charge is -2.37. The summed E-state index contributed by atoms with van der Waals surface area (Å²) in [5, 5.41) is 4.81. The van der Waals surface area contributed by atoms with Gasteiger partial charge < -0.3 is 10.2 Å². The number of hydrogen-bond acceptors (Lipinski definition) is 3. The Kier molecular flexibility index (Phi) is 7.84. The second-order valence-corrected chi connectivity index (χ2v) is 10.5. The third kappa shape index (κ3) is 6.06. The Bertz CT molecular complexity index is 1440. The lowest BCUT2D eigenvalue weighted by molar-refractivity contribution is -0.137. The molecule has 3 aromatic carbocycles. The minimum atomic E-state index is -4.47. The Morgan fingerprint density at radius 3 is 2.38 bits per heavy atom. The molecule has 0 fully saturated rings. The molecule has 2 amide bonds. The van der Waals surface area contributed by atoms with Crippen LogP contribution in [0.15, 0.2) is 96.4 Å². The molecule has 2 unspecified atom stereocenters. The molecule has 1 N–H and O–H groups in total. The molecule has 0 saturated heterocycles. The first-order valence-electron chi connectivity index (χ1n) is 12.7. The van der Waals surface area contributed by atoms with E-state index in [4.69, 9.17) is 0 Å². The standard InChI is InChI=1S/C31H27F3N2O2S/c32-31(33,34)24-13-7-8-21(18-24)20-35-30(38)26(22-9-3-1-4-10-22)19-28(37)36-16-14-27-25(15-17-39-27)29(36)23-11-5-2-6-12-23/h1-13,15,17-18,26,29H,14,16,19-20H2,(H,35,38). The number of benzene rings is 3. The second kappa shape index (κ2) is 11.5. The van der Waals surface area contributed by atoms with Crippen LogP contribution in [0.4, 0.5) is 13.2 Å². The summed E-state index contributed by atoms with van der Waals surface area (Å²) in [6, 6.07) is 25.6. The molecule has 2 heterocycles. The minimum Gasteiger partial charge on any atom is -0.351 e.